The van der Waals surface area contributed by atoms with Crippen LogP contribution in [-0.2, 0) is 0 Å². The lowest BCUT2D eigenvalue weighted by Gasteiger charge is -2.21. The van der Waals surface area contributed by atoms with E-state index < -0.39 is 6.23 Å². The van der Waals surface area contributed by atoms with E-state index in [0.717, 1.165) is 11.1 Å². The minimum Gasteiger partial charge on any atom is -0.373 e. The van der Waals surface area contributed by atoms with Crippen LogP contribution in [0.5, 0.6) is 0 Å². The van der Waals surface area contributed by atoms with Gasteiger partial charge in [0, 0.05) is 12.4 Å². The molecule has 2 rings (SSSR count). The molecule has 0 saturated carbocycles. The minimum absolute atomic E-state index is 0.529. The van der Waals surface area contributed by atoms with Crippen LogP contribution in [0.25, 0.3) is 12.2 Å². The predicted octanol–water partition coefficient (Wildman–Crippen LogP) is 4.98. The van der Waals surface area contributed by atoms with Gasteiger partial charge in [0.25, 0.3) is 0 Å². The summed E-state index contributed by atoms with van der Waals surface area (Å²) < 4.78 is 0. The first-order chi connectivity index (χ1) is 11.1. The van der Waals surface area contributed by atoms with Crippen LogP contribution >= 0.6 is 0 Å². The molecule has 0 radical (unpaired) electrons. The van der Waals surface area contributed by atoms with Gasteiger partial charge < -0.3 is 10.0 Å². The molecule has 1 unspecified atom stereocenters. The molecule has 0 spiro atoms. The molecule has 0 amide bonds. The molecule has 1 N–H and O–H groups in total. The minimum atomic E-state index is -0.529. The van der Waals surface area contributed by atoms with Gasteiger partial charge in [-0.25, -0.2) is 0 Å². The number of hydrogen-bond acceptors (Lipinski definition) is 2. The molecule has 0 bridgehead atoms. The third kappa shape index (κ3) is 5.42. The lowest BCUT2D eigenvalue weighted by molar-refractivity contribution is 0.0663. The Morgan fingerprint density at radius 1 is 0.826 bits per heavy atom. The van der Waals surface area contributed by atoms with E-state index in [1.54, 1.807) is 0 Å². The normalized spacial score (nSPS) is 12.9. The van der Waals surface area contributed by atoms with Crippen molar-refractivity contribution in [3.05, 3.63) is 83.2 Å². The van der Waals surface area contributed by atoms with E-state index in [0.29, 0.717) is 6.42 Å². The molecular weight excluding hydrogens is 282 g/mol. The van der Waals surface area contributed by atoms with Crippen molar-refractivity contribution in [1.29, 1.82) is 0 Å². The number of aryl methyl sites for hydroxylation is 2. The highest BCUT2D eigenvalue weighted by Crippen LogP contribution is 2.11. The number of aliphatic hydroxyl groups is 1. The summed E-state index contributed by atoms with van der Waals surface area (Å²) in [4.78, 5) is 1.83. The Bertz CT molecular complexity index is 598. The highest BCUT2D eigenvalue weighted by molar-refractivity contribution is 5.52. The number of nitrogens with zero attached hydrogens (tertiary/aromatic N) is 1. The van der Waals surface area contributed by atoms with E-state index in [9.17, 15) is 5.11 Å². The highest BCUT2D eigenvalue weighted by Gasteiger charge is 2.05. The summed E-state index contributed by atoms with van der Waals surface area (Å²) in [6, 6.07) is 16.6. The molecule has 0 aliphatic rings. The van der Waals surface area contributed by atoms with Gasteiger partial charge in [-0.05, 0) is 43.5 Å². The molecule has 2 aromatic rings. The molecule has 0 saturated heterocycles. The smallest absolute Gasteiger partial charge is 0.129 e. The Morgan fingerprint density at radius 2 is 1.22 bits per heavy atom. The van der Waals surface area contributed by atoms with Crippen molar-refractivity contribution in [2.24, 2.45) is 0 Å². The van der Waals surface area contributed by atoms with Gasteiger partial charge in [-0.15, -0.1) is 0 Å². The molecule has 0 aliphatic heterocycles. The van der Waals surface area contributed by atoms with Gasteiger partial charge >= 0.3 is 0 Å². The van der Waals surface area contributed by atoms with Crippen LogP contribution in [0, 0.1) is 13.8 Å². The molecule has 0 heterocycles. The zero-order chi connectivity index (χ0) is 16.7. The fourth-order valence-electron chi connectivity index (χ4n) is 2.16. The fraction of sp³-hybridized carbons (Fsp3) is 0.238. The van der Waals surface area contributed by atoms with Crippen molar-refractivity contribution in [3.8, 4) is 0 Å². The van der Waals surface area contributed by atoms with Crippen molar-refractivity contribution in [2.45, 2.75) is 33.4 Å². The van der Waals surface area contributed by atoms with E-state index in [2.05, 4.69) is 62.4 Å². The van der Waals surface area contributed by atoms with E-state index in [1.807, 2.05) is 36.4 Å². The Balaban J connectivity index is 2.13. The standard InChI is InChI=1S/C21H25NO/c1-4-21(23)22(15-13-19-9-5-17(2)6-10-19)16-14-20-11-7-18(3)8-12-20/h5-16,21,23H,4H2,1-3H3. The molecule has 2 nitrogen and oxygen atoms in total. The van der Waals surface area contributed by atoms with Crippen molar-refractivity contribution in [2.75, 3.05) is 0 Å². The second kappa shape index (κ2) is 8.35. The molecule has 120 valence electrons. The van der Waals surface area contributed by atoms with Gasteiger partial charge in [0.05, 0.1) is 0 Å². The van der Waals surface area contributed by atoms with Crippen LogP contribution in [0.1, 0.15) is 35.6 Å². The van der Waals surface area contributed by atoms with Gasteiger partial charge in [0.2, 0.25) is 0 Å². The summed E-state index contributed by atoms with van der Waals surface area (Å²) >= 11 is 0. The summed E-state index contributed by atoms with van der Waals surface area (Å²) in [6.07, 6.45) is 8.00. The summed E-state index contributed by atoms with van der Waals surface area (Å²) in [6.45, 7) is 6.12. The van der Waals surface area contributed by atoms with Crippen molar-refractivity contribution >= 4 is 12.2 Å². The van der Waals surface area contributed by atoms with E-state index in [1.165, 1.54) is 11.1 Å². The van der Waals surface area contributed by atoms with E-state index in [-0.39, 0.29) is 0 Å². The Hall–Kier alpha value is -2.32. The van der Waals surface area contributed by atoms with Crippen molar-refractivity contribution in [1.82, 2.24) is 4.90 Å². The molecule has 23 heavy (non-hydrogen) atoms. The summed E-state index contributed by atoms with van der Waals surface area (Å²) in [5, 5.41) is 10.2. The molecule has 2 aromatic carbocycles. The number of hydrogen-bond donors (Lipinski definition) is 1. The molecular formula is C21H25NO. The zero-order valence-electron chi connectivity index (χ0n) is 14.1. The Labute approximate surface area is 139 Å². The fourth-order valence-corrected chi connectivity index (χ4v) is 2.16. The van der Waals surface area contributed by atoms with Crippen LogP contribution in [0.2, 0.25) is 0 Å². The van der Waals surface area contributed by atoms with Gasteiger partial charge in [0.15, 0.2) is 0 Å². The topological polar surface area (TPSA) is 23.5 Å². The summed E-state index contributed by atoms with van der Waals surface area (Å²) in [5.41, 5.74) is 4.72. The molecule has 0 fully saturated rings. The summed E-state index contributed by atoms with van der Waals surface area (Å²) in [7, 11) is 0. The van der Waals surface area contributed by atoms with Gasteiger partial charge in [-0.2, -0.15) is 0 Å². The van der Waals surface area contributed by atoms with Gasteiger partial charge in [-0.3, -0.25) is 0 Å². The number of benzene rings is 2. The molecule has 2 heteroatoms. The van der Waals surface area contributed by atoms with Crippen molar-refractivity contribution in [3.63, 3.8) is 0 Å². The van der Waals surface area contributed by atoms with Crippen LogP contribution in [-0.4, -0.2) is 16.2 Å². The van der Waals surface area contributed by atoms with E-state index in [4.69, 9.17) is 0 Å². The lowest BCUT2D eigenvalue weighted by atomic mass is 10.1. The highest BCUT2D eigenvalue weighted by atomic mass is 16.3. The van der Waals surface area contributed by atoms with E-state index >= 15 is 0 Å². The Morgan fingerprint density at radius 3 is 1.57 bits per heavy atom. The van der Waals surface area contributed by atoms with Crippen molar-refractivity contribution < 1.29 is 5.11 Å². The molecule has 0 aromatic heterocycles. The summed E-state index contributed by atoms with van der Waals surface area (Å²) in [5.74, 6) is 0. The average molecular weight is 307 g/mol. The maximum atomic E-state index is 10.2. The number of rotatable bonds is 6. The van der Waals surface area contributed by atoms with Crippen LogP contribution < -0.4 is 0 Å². The maximum Gasteiger partial charge on any atom is 0.129 e. The average Bonchev–Trinajstić information content (AvgIpc) is 2.57. The van der Waals surface area contributed by atoms with Crippen LogP contribution in [0.3, 0.4) is 0 Å². The van der Waals surface area contributed by atoms with Crippen LogP contribution in [0.4, 0.5) is 0 Å². The zero-order valence-corrected chi connectivity index (χ0v) is 14.1. The third-order valence-electron chi connectivity index (χ3n) is 3.74. The van der Waals surface area contributed by atoms with Gasteiger partial charge in [-0.1, -0.05) is 66.6 Å². The first-order valence-corrected chi connectivity index (χ1v) is 8.03. The van der Waals surface area contributed by atoms with Crippen LogP contribution in [0.15, 0.2) is 60.9 Å². The quantitative estimate of drug-likeness (QED) is 0.761. The second-order valence-corrected chi connectivity index (χ2v) is 5.79. The van der Waals surface area contributed by atoms with Gasteiger partial charge in [0.1, 0.15) is 6.23 Å². The maximum absolute atomic E-state index is 10.2. The first-order valence-electron chi connectivity index (χ1n) is 8.03. The lowest BCUT2D eigenvalue weighted by Crippen LogP contribution is -2.24. The number of aliphatic hydroxyl groups excluding tert-OH is 1. The Kier molecular flexibility index (Phi) is 6.19. The largest absolute Gasteiger partial charge is 0.373 e. The first kappa shape index (κ1) is 17.0. The monoisotopic (exact) mass is 307 g/mol. The second-order valence-electron chi connectivity index (χ2n) is 5.79. The molecule has 1 atom stereocenters. The third-order valence-corrected chi connectivity index (χ3v) is 3.74. The SMILES string of the molecule is CCC(O)N(C=Cc1ccc(C)cc1)C=Cc1ccc(C)cc1. The predicted molar refractivity (Wildman–Crippen MR) is 98.6 cm³/mol. The molecule has 0 aliphatic carbocycles.